The van der Waals surface area contributed by atoms with Gasteiger partial charge >= 0.3 is 0 Å². The van der Waals surface area contributed by atoms with E-state index in [0.29, 0.717) is 11.8 Å². The fourth-order valence-corrected chi connectivity index (χ4v) is 1.60. The van der Waals surface area contributed by atoms with Crippen LogP contribution >= 0.6 is 0 Å². The molecule has 2 rings (SSSR count). The second-order valence-electron chi connectivity index (χ2n) is 4.33. The minimum Gasteiger partial charge on any atom is -0.481 e. The molecule has 2 aromatic carbocycles. The molecule has 1 atom stereocenters. The highest BCUT2D eigenvalue weighted by molar-refractivity contribution is 5.94. The van der Waals surface area contributed by atoms with E-state index in [0.717, 1.165) is 12.1 Å². The van der Waals surface area contributed by atoms with Crippen LogP contribution in [0.4, 0.5) is 18.9 Å². The summed E-state index contributed by atoms with van der Waals surface area (Å²) < 4.78 is 44.2. The molecule has 3 nitrogen and oxygen atoms in total. The van der Waals surface area contributed by atoms with Crippen LogP contribution in [0.3, 0.4) is 0 Å². The molecule has 0 radical (unpaired) electrons. The minimum absolute atomic E-state index is 0.143. The first kappa shape index (κ1) is 14.9. The number of carbonyl (C=O) groups excluding carboxylic acids is 1. The van der Waals surface area contributed by atoms with Gasteiger partial charge in [-0.05, 0) is 43.3 Å². The van der Waals surface area contributed by atoms with Crippen molar-refractivity contribution in [1.29, 1.82) is 0 Å². The summed E-state index contributed by atoms with van der Waals surface area (Å²) in [6, 6.07) is 7.95. The van der Waals surface area contributed by atoms with Crippen LogP contribution < -0.4 is 10.1 Å². The third-order valence-corrected chi connectivity index (χ3v) is 2.68. The predicted octanol–water partition coefficient (Wildman–Crippen LogP) is 3.51. The highest BCUT2D eigenvalue weighted by Gasteiger charge is 2.16. The zero-order valence-electron chi connectivity index (χ0n) is 11.1. The van der Waals surface area contributed by atoms with Crippen LogP contribution in [0.5, 0.6) is 5.75 Å². The Balaban J connectivity index is 2.00. The number of anilines is 1. The monoisotopic (exact) mass is 295 g/mol. The van der Waals surface area contributed by atoms with Gasteiger partial charge in [-0.3, -0.25) is 4.79 Å². The van der Waals surface area contributed by atoms with Crippen molar-refractivity contribution in [2.24, 2.45) is 0 Å². The zero-order chi connectivity index (χ0) is 15.4. The maximum Gasteiger partial charge on any atom is 0.265 e. The Morgan fingerprint density at radius 2 is 1.67 bits per heavy atom. The van der Waals surface area contributed by atoms with Crippen molar-refractivity contribution in [2.75, 3.05) is 5.32 Å². The Bertz CT molecular complexity index is 644. The van der Waals surface area contributed by atoms with Gasteiger partial charge < -0.3 is 10.1 Å². The summed E-state index contributed by atoms with van der Waals surface area (Å²) in [6.45, 7) is 1.46. The molecule has 0 aromatic heterocycles. The van der Waals surface area contributed by atoms with Crippen molar-refractivity contribution in [3.63, 3.8) is 0 Å². The molecule has 0 bridgehead atoms. The Kier molecular flexibility index (Phi) is 4.47. The molecular formula is C15H12F3NO2. The molecule has 0 saturated heterocycles. The lowest BCUT2D eigenvalue weighted by Crippen LogP contribution is -2.30. The molecule has 0 unspecified atom stereocenters. The third-order valence-electron chi connectivity index (χ3n) is 2.68. The number of hydrogen-bond acceptors (Lipinski definition) is 2. The highest BCUT2D eigenvalue weighted by Crippen LogP contribution is 2.17. The molecule has 1 N–H and O–H groups in total. The van der Waals surface area contributed by atoms with Crippen LogP contribution in [0, 0.1) is 17.5 Å². The van der Waals surface area contributed by atoms with Crippen LogP contribution in [0.2, 0.25) is 0 Å². The summed E-state index contributed by atoms with van der Waals surface area (Å²) in [4.78, 5) is 11.9. The lowest BCUT2D eigenvalue weighted by molar-refractivity contribution is -0.122. The molecule has 0 aliphatic carbocycles. The van der Waals surface area contributed by atoms with Crippen LogP contribution in [0.15, 0.2) is 42.5 Å². The van der Waals surface area contributed by atoms with Crippen molar-refractivity contribution in [3.8, 4) is 5.75 Å². The molecule has 0 heterocycles. The SMILES string of the molecule is C[C@H](Oc1ccc(F)cc1)C(=O)Nc1ccc(F)cc1F. The average molecular weight is 295 g/mol. The van der Waals surface area contributed by atoms with E-state index in [1.54, 1.807) is 0 Å². The normalized spacial score (nSPS) is 11.8. The highest BCUT2D eigenvalue weighted by atomic mass is 19.1. The molecule has 0 spiro atoms. The zero-order valence-corrected chi connectivity index (χ0v) is 11.1. The summed E-state index contributed by atoms with van der Waals surface area (Å²) in [5, 5.41) is 2.29. The summed E-state index contributed by atoms with van der Waals surface area (Å²) in [7, 11) is 0. The number of amides is 1. The molecule has 6 heteroatoms. The Morgan fingerprint density at radius 3 is 2.29 bits per heavy atom. The van der Waals surface area contributed by atoms with E-state index >= 15 is 0 Å². The van der Waals surface area contributed by atoms with E-state index in [-0.39, 0.29) is 5.69 Å². The predicted molar refractivity (Wildman–Crippen MR) is 71.5 cm³/mol. The number of carbonyl (C=O) groups is 1. The quantitative estimate of drug-likeness (QED) is 0.937. The smallest absolute Gasteiger partial charge is 0.265 e. The summed E-state index contributed by atoms with van der Waals surface area (Å²) in [5.41, 5.74) is -0.143. The van der Waals surface area contributed by atoms with Crippen molar-refractivity contribution in [1.82, 2.24) is 0 Å². The summed E-state index contributed by atoms with van der Waals surface area (Å²) in [6.07, 6.45) is -0.931. The summed E-state index contributed by atoms with van der Waals surface area (Å²) >= 11 is 0. The van der Waals surface area contributed by atoms with Gasteiger partial charge in [0.1, 0.15) is 23.2 Å². The molecule has 21 heavy (non-hydrogen) atoms. The topological polar surface area (TPSA) is 38.3 Å². The van der Waals surface area contributed by atoms with E-state index in [9.17, 15) is 18.0 Å². The molecule has 0 aliphatic heterocycles. The van der Waals surface area contributed by atoms with E-state index < -0.39 is 29.5 Å². The van der Waals surface area contributed by atoms with Crippen molar-refractivity contribution < 1.29 is 22.7 Å². The standard InChI is InChI=1S/C15H12F3NO2/c1-9(21-12-5-2-10(16)3-6-12)15(20)19-14-7-4-11(17)8-13(14)18/h2-9H,1H3,(H,19,20)/t9-/m0/s1. The maximum atomic E-state index is 13.4. The van der Waals surface area contributed by atoms with Gasteiger partial charge in [-0.1, -0.05) is 0 Å². The lowest BCUT2D eigenvalue weighted by atomic mass is 10.2. The van der Waals surface area contributed by atoms with E-state index in [1.807, 2.05) is 0 Å². The lowest BCUT2D eigenvalue weighted by Gasteiger charge is -2.15. The number of hydrogen-bond donors (Lipinski definition) is 1. The molecule has 1 amide bonds. The van der Waals surface area contributed by atoms with Crippen LogP contribution in [0.25, 0.3) is 0 Å². The average Bonchev–Trinajstić information content (AvgIpc) is 2.44. The molecule has 0 saturated carbocycles. The van der Waals surface area contributed by atoms with Crippen LogP contribution in [-0.4, -0.2) is 12.0 Å². The number of nitrogens with one attached hydrogen (secondary N) is 1. The van der Waals surface area contributed by atoms with E-state index in [2.05, 4.69) is 5.32 Å². The Hall–Kier alpha value is -2.50. The van der Waals surface area contributed by atoms with Gasteiger partial charge in [-0.15, -0.1) is 0 Å². The third kappa shape index (κ3) is 3.98. The van der Waals surface area contributed by atoms with E-state index in [1.165, 1.54) is 31.2 Å². The van der Waals surface area contributed by atoms with Gasteiger partial charge in [0, 0.05) is 6.07 Å². The number of benzene rings is 2. The first-order valence-corrected chi connectivity index (χ1v) is 6.14. The van der Waals surface area contributed by atoms with Crippen molar-refractivity contribution in [2.45, 2.75) is 13.0 Å². The van der Waals surface area contributed by atoms with Gasteiger partial charge in [0.2, 0.25) is 0 Å². The Morgan fingerprint density at radius 1 is 1.05 bits per heavy atom. The van der Waals surface area contributed by atoms with Gasteiger partial charge in [0.25, 0.3) is 5.91 Å². The summed E-state index contributed by atoms with van der Waals surface area (Å²) in [5.74, 6) is -2.34. The molecule has 110 valence electrons. The fraction of sp³-hybridized carbons (Fsp3) is 0.133. The first-order valence-electron chi connectivity index (χ1n) is 6.14. The second kappa shape index (κ2) is 6.30. The van der Waals surface area contributed by atoms with Gasteiger partial charge in [0.05, 0.1) is 5.69 Å². The van der Waals surface area contributed by atoms with E-state index in [4.69, 9.17) is 4.74 Å². The number of halogens is 3. The maximum absolute atomic E-state index is 13.4. The van der Waals surface area contributed by atoms with Crippen LogP contribution in [-0.2, 0) is 4.79 Å². The van der Waals surface area contributed by atoms with Crippen LogP contribution in [0.1, 0.15) is 6.92 Å². The van der Waals surface area contributed by atoms with Gasteiger partial charge in [-0.2, -0.15) is 0 Å². The fourth-order valence-electron chi connectivity index (χ4n) is 1.60. The molecular weight excluding hydrogens is 283 g/mol. The second-order valence-corrected chi connectivity index (χ2v) is 4.33. The number of ether oxygens (including phenoxy) is 1. The van der Waals surface area contributed by atoms with Crippen molar-refractivity contribution >= 4 is 11.6 Å². The number of rotatable bonds is 4. The molecule has 2 aromatic rings. The molecule has 0 aliphatic rings. The van der Waals surface area contributed by atoms with Gasteiger partial charge in [0.15, 0.2) is 6.10 Å². The Labute approximate surface area is 119 Å². The molecule has 0 fully saturated rings. The first-order chi connectivity index (χ1) is 9.95. The minimum atomic E-state index is -0.931. The van der Waals surface area contributed by atoms with Crippen molar-refractivity contribution in [3.05, 3.63) is 59.9 Å². The van der Waals surface area contributed by atoms with Gasteiger partial charge in [-0.25, -0.2) is 13.2 Å². The largest absolute Gasteiger partial charge is 0.481 e.